The molecule has 1 N–H and O–H groups in total. The van der Waals surface area contributed by atoms with E-state index in [1.807, 2.05) is 34.5 Å². The Morgan fingerprint density at radius 1 is 1.09 bits per heavy atom. The van der Waals surface area contributed by atoms with Crippen LogP contribution in [0.25, 0.3) is 10.8 Å². The van der Waals surface area contributed by atoms with Crippen LogP contribution in [0.1, 0.15) is 32.5 Å². The van der Waals surface area contributed by atoms with Crippen LogP contribution in [0.15, 0.2) is 58.7 Å². The average Bonchev–Trinajstić information content (AvgIpc) is 3.37. The fraction of sp³-hybridized carbons (Fsp3) is 0.208. The Kier molecular flexibility index (Phi) is 5.14. The van der Waals surface area contributed by atoms with Gasteiger partial charge >= 0.3 is 0 Å². The summed E-state index contributed by atoms with van der Waals surface area (Å²) in [5.41, 5.74) is 2.04. The predicted octanol–water partition coefficient (Wildman–Crippen LogP) is 3.79. The minimum absolute atomic E-state index is 0.226. The molecule has 2 aromatic carbocycles. The van der Waals surface area contributed by atoms with Gasteiger partial charge in [0.05, 0.1) is 25.6 Å². The molecule has 1 atom stereocenters. The third-order valence-corrected chi connectivity index (χ3v) is 6.77. The van der Waals surface area contributed by atoms with E-state index in [2.05, 4.69) is 10.2 Å². The second kappa shape index (κ2) is 8.12. The zero-order valence-corrected chi connectivity index (χ0v) is 18.4. The number of thiophene rings is 1. The summed E-state index contributed by atoms with van der Waals surface area (Å²) in [6.07, 6.45) is 0.671. The van der Waals surface area contributed by atoms with Crippen molar-refractivity contribution < 1.29 is 14.3 Å². The van der Waals surface area contributed by atoms with E-state index in [9.17, 15) is 9.59 Å². The van der Waals surface area contributed by atoms with Crippen LogP contribution >= 0.6 is 11.3 Å². The lowest BCUT2D eigenvalue weighted by Gasteiger charge is -2.37. The summed E-state index contributed by atoms with van der Waals surface area (Å²) in [4.78, 5) is 28.9. The van der Waals surface area contributed by atoms with Crippen molar-refractivity contribution in [2.75, 3.05) is 20.8 Å². The zero-order valence-electron chi connectivity index (χ0n) is 17.6. The molecule has 8 heteroatoms. The Hall–Kier alpha value is -3.65. The smallest absolute Gasteiger partial charge is 0.275 e. The number of methoxy groups -OCH3 is 2. The fourth-order valence-corrected chi connectivity index (χ4v) is 5.19. The lowest BCUT2D eigenvalue weighted by molar-refractivity contribution is 0.0692. The average molecular weight is 448 g/mol. The highest BCUT2D eigenvalue weighted by Crippen LogP contribution is 2.42. The van der Waals surface area contributed by atoms with E-state index in [1.165, 1.54) is 0 Å². The number of ether oxygens (including phenoxy) is 2. The lowest BCUT2D eigenvalue weighted by atomic mass is 9.90. The van der Waals surface area contributed by atoms with Gasteiger partial charge in [-0.3, -0.25) is 9.59 Å². The van der Waals surface area contributed by atoms with Gasteiger partial charge in [-0.25, -0.2) is 5.10 Å². The van der Waals surface area contributed by atoms with Crippen molar-refractivity contribution in [3.63, 3.8) is 0 Å². The van der Waals surface area contributed by atoms with Crippen molar-refractivity contribution in [2.45, 2.75) is 12.5 Å². The van der Waals surface area contributed by atoms with Crippen LogP contribution < -0.4 is 15.0 Å². The first-order valence-electron chi connectivity index (χ1n) is 10.2. The van der Waals surface area contributed by atoms with E-state index >= 15 is 0 Å². The highest BCUT2D eigenvalue weighted by Gasteiger charge is 2.35. The molecule has 0 spiro atoms. The van der Waals surface area contributed by atoms with E-state index in [-0.39, 0.29) is 23.2 Å². The number of aromatic amines is 1. The largest absolute Gasteiger partial charge is 0.493 e. The third-order valence-electron chi connectivity index (χ3n) is 5.85. The summed E-state index contributed by atoms with van der Waals surface area (Å²) in [7, 11) is 3.22. The molecule has 3 heterocycles. The second-order valence-corrected chi connectivity index (χ2v) is 8.50. The van der Waals surface area contributed by atoms with E-state index in [1.54, 1.807) is 49.8 Å². The van der Waals surface area contributed by atoms with Crippen LogP contribution in [0.2, 0.25) is 0 Å². The molecule has 1 aliphatic rings. The Morgan fingerprint density at radius 2 is 1.84 bits per heavy atom. The van der Waals surface area contributed by atoms with Gasteiger partial charge in [0.1, 0.15) is 0 Å². The minimum atomic E-state index is -0.312. The SMILES string of the molecule is COc1cc2c(cc1OC)[C@@H](c1cccs1)N(C(=O)c1n[nH]c(=O)c3ccccc13)CC2. The van der Waals surface area contributed by atoms with Crippen molar-refractivity contribution in [1.29, 1.82) is 0 Å². The van der Waals surface area contributed by atoms with Crippen molar-refractivity contribution in [1.82, 2.24) is 15.1 Å². The van der Waals surface area contributed by atoms with Gasteiger partial charge in [0, 0.05) is 16.8 Å². The number of hydrogen-bond acceptors (Lipinski definition) is 6. The summed E-state index contributed by atoms with van der Waals surface area (Å²) in [5.74, 6) is 1.07. The number of rotatable bonds is 4. The molecule has 1 aliphatic heterocycles. The lowest BCUT2D eigenvalue weighted by Crippen LogP contribution is -2.41. The van der Waals surface area contributed by atoms with Gasteiger partial charge in [-0.2, -0.15) is 5.10 Å². The Balaban J connectivity index is 1.66. The molecule has 1 amide bonds. The summed E-state index contributed by atoms with van der Waals surface area (Å²) < 4.78 is 11.0. The number of amides is 1. The Labute approximate surface area is 188 Å². The summed E-state index contributed by atoms with van der Waals surface area (Å²) in [6, 6.07) is 14.7. The maximum Gasteiger partial charge on any atom is 0.275 e. The number of nitrogens with zero attached hydrogens (tertiary/aromatic N) is 2. The van der Waals surface area contributed by atoms with Crippen molar-refractivity contribution in [3.05, 3.63) is 86.0 Å². The molecule has 0 fully saturated rings. The standard InChI is InChI=1S/C24H21N3O4S/c1-30-18-12-14-9-10-27(22(20-8-5-11-32-20)17(14)13-19(18)31-2)24(29)21-15-6-3-4-7-16(15)23(28)26-25-21/h3-8,11-13,22H,9-10H2,1-2H3,(H,26,28)/t22-/m0/s1. The Bertz CT molecular complexity index is 1360. The first kappa shape index (κ1) is 20.3. The number of hydrogen-bond donors (Lipinski definition) is 1. The Morgan fingerprint density at radius 3 is 2.56 bits per heavy atom. The van der Waals surface area contributed by atoms with E-state index in [0.717, 1.165) is 16.0 Å². The molecule has 32 heavy (non-hydrogen) atoms. The van der Waals surface area contributed by atoms with Crippen LogP contribution in [0, 0.1) is 0 Å². The second-order valence-electron chi connectivity index (χ2n) is 7.52. The van der Waals surface area contributed by atoms with Crippen LogP contribution in [0.4, 0.5) is 0 Å². The number of carbonyl (C=O) groups is 1. The van der Waals surface area contributed by atoms with Gasteiger partial charge in [0.2, 0.25) is 0 Å². The van der Waals surface area contributed by atoms with Crippen molar-refractivity contribution in [3.8, 4) is 11.5 Å². The van der Waals surface area contributed by atoms with Crippen molar-refractivity contribution in [2.24, 2.45) is 0 Å². The molecule has 0 saturated heterocycles. The molecular formula is C24H21N3O4S. The monoisotopic (exact) mass is 447 g/mol. The first-order chi connectivity index (χ1) is 15.6. The van der Waals surface area contributed by atoms with Crippen molar-refractivity contribution >= 4 is 28.0 Å². The molecule has 0 saturated carbocycles. The van der Waals surface area contributed by atoms with Crippen LogP contribution in [-0.2, 0) is 6.42 Å². The summed E-state index contributed by atoms with van der Waals surface area (Å²) >= 11 is 1.59. The molecule has 7 nitrogen and oxygen atoms in total. The normalized spacial score (nSPS) is 15.4. The number of fused-ring (bicyclic) bond motifs is 2. The molecule has 162 valence electrons. The maximum atomic E-state index is 13.8. The first-order valence-corrected chi connectivity index (χ1v) is 11.1. The van der Waals surface area contributed by atoms with Crippen LogP contribution in [-0.4, -0.2) is 41.8 Å². The predicted molar refractivity (Wildman–Crippen MR) is 123 cm³/mol. The molecule has 0 aliphatic carbocycles. The van der Waals surface area contributed by atoms with Crippen LogP contribution in [0.3, 0.4) is 0 Å². The molecule has 5 rings (SSSR count). The van der Waals surface area contributed by atoms with Gasteiger partial charge in [0.25, 0.3) is 11.5 Å². The summed E-state index contributed by atoms with van der Waals surface area (Å²) in [5, 5.41) is 9.62. The zero-order chi connectivity index (χ0) is 22.2. The molecule has 0 unspecified atom stereocenters. The van der Waals surface area contributed by atoms with Gasteiger partial charge < -0.3 is 14.4 Å². The summed E-state index contributed by atoms with van der Waals surface area (Å²) in [6.45, 7) is 0.513. The maximum absolute atomic E-state index is 13.8. The number of carbonyl (C=O) groups excluding carboxylic acids is 1. The van der Waals surface area contributed by atoms with Crippen LogP contribution in [0.5, 0.6) is 11.5 Å². The topological polar surface area (TPSA) is 84.5 Å². The highest BCUT2D eigenvalue weighted by molar-refractivity contribution is 7.10. The number of aromatic nitrogens is 2. The fourth-order valence-electron chi connectivity index (χ4n) is 4.33. The number of H-pyrrole nitrogens is 1. The quantitative estimate of drug-likeness (QED) is 0.515. The van der Waals surface area contributed by atoms with E-state index in [4.69, 9.17) is 9.47 Å². The third kappa shape index (κ3) is 3.23. The molecular weight excluding hydrogens is 426 g/mol. The van der Waals surface area contributed by atoms with Gasteiger partial charge in [-0.1, -0.05) is 24.3 Å². The number of nitrogens with one attached hydrogen (secondary N) is 1. The van der Waals surface area contributed by atoms with E-state index < -0.39 is 0 Å². The van der Waals surface area contributed by atoms with Gasteiger partial charge in [0.15, 0.2) is 17.2 Å². The molecule has 0 radical (unpaired) electrons. The van der Waals surface area contributed by atoms with Gasteiger partial charge in [-0.15, -0.1) is 11.3 Å². The number of benzene rings is 2. The minimum Gasteiger partial charge on any atom is -0.493 e. The highest BCUT2D eigenvalue weighted by atomic mass is 32.1. The molecule has 0 bridgehead atoms. The van der Waals surface area contributed by atoms with Gasteiger partial charge in [-0.05, 0) is 47.2 Å². The molecule has 2 aromatic heterocycles. The van der Waals surface area contributed by atoms with E-state index in [0.29, 0.717) is 35.2 Å². The molecule has 4 aromatic rings.